The van der Waals surface area contributed by atoms with Crippen LogP contribution in [0, 0.1) is 5.41 Å². The molecule has 0 amide bonds. The SMILES string of the molecule is N=C(N)CCCOCCCC(F)(F)F. The molecule has 0 aliphatic heterocycles. The fourth-order valence-electron chi connectivity index (χ4n) is 0.841. The molecule has 3 N–H and O–H groups in total. The van der Waals surface area contributed by atoms with Crippen molar-refractivity contribution in [3.8, 4) is 0 Å². The highest BCUT2D eigenvalue weighted by Crippen LogP contribution is 2.20. The van der Waals surface area contributed by atoms with Crippen LogP contribution in [0.3, 0.4) is 0 Å². The van der Waals surface area contributed by atoms with Crippen molar-refractivity contribution >= 4 is 5.84 Å². The van der Waals surface area contributed by atoms with E-state index in [-0.39, 0.29) is 18.9 Å². The van der Waals surface area contributed by atoms with Crippen LogP contribution in [0.2, 0.25) is 0 Å². The highest BCUT2D eigenvalue weighted by atomic mass is 19.4. The molecule has 6 heteroatoms. The smallest absolute Gasteiger partial charge is 0.388 e. The van der Waals surface area contributed by atoms with Crippen LogP contribution >= 0.6 is 0 Å². The van der Waals surface area contributed by atoms with E-state index in [1.807, 2.05) is 0 Å². The van der Waals surface area contributed by atoms with Crippen molar-refractivity contribution in [3.05, 3.63) is 0 Å². The van der Waals surface area contributed by atoms with Gasteiger partial charge in [-0.1, -0.05) is 0 Å². The number of nitrogens with one attached hydrogen (secondary N) is 1. The molecule has 84 valence electrons. The predicted molar refractivity (Wildman–Crippen MR) is 47.3 cm³/mol. The minimum atomic E-state index is -4.09. The molecule has 0 aromatic heterocycles. The molecule has 0 bridgehead atoms. The van der Waals surface area contributed by atoms with Gasteiger partial charge in [0.1, 0.15) is 0 Å². The van der Waals surface area contributed by atoms with E-state index in [2.05, 4.69) is 0 Å². The van der Waals surface area contributed by atoms with Crippen LogP contribution in [-0.2, 0) is 4.74 Å². The van der Waals surface area contributed by atoms with E-state index in [1.54, 1.807) is 0 Å². The molecule has 0 fully saturated rings. The minimum absolute atomic E-state index is 0.0103. The zero-order valence-electron chi connectivity index (χ0n) is 7.86. The Kier molecular flexibility index (Phi) is 6.27. The van der Waals surface area contributed by atoms with Crippen molar-refractivity contribution in [2.45, 2.75) is 31.9 Å². The van der Waals surface area contributed by atoms with Gasteiger partial charge in [-0.2, -0.15) is 13.2 Å². The van der Waals surface area contributed by atoms with Gasteiger partial charge in [-0.3, -0.25) is 5.41 Å². The Hall–Kier alpha value is -0.780. The van der Waals surface area contributed by atoms with Gasteiger partial charge in [0.15, 0.2) is 0 Å². The standard InChI is InChI=1S/C8H15F3N2O/c9-8(10,11)4-2-6-14-5-1-3-7(12)13/h1-6H2,(H3,12,13). The lowest BCUT2D eigenvalue weighted by Gasteiger charge is -2.06. The quantitative estimate of drug-likeness (QED) is 0.385. The molecule has 3 nitrogen and oxygen atoms in total. The van der Waals surface area contributed by atoms with Crippen LogP contribution in [0.15, 0.2) is 0 Å². The van der Waals surface area contributed by atoms with E-state index in [1.165, 1.54) is 0 Å². The second kappa shape index (κ2) is 6.64. The number of hydrogen-bond donors (Lipinski definition) is 2. The molecule has 0 spiro atoms. The zero-order valence-corrected chi connectivity index (χ0v) is 7.86. The lowest BCUT2D eigenvalue weighted by atomic mass is 10.3. The third-order valence-electron chi connectivity index (χ3n) is 1.48. The Morgan fingerprint density at radius 3 is 2.29 bits per heavy atom. The molecular formula is C8H15F3N2O. The lowest BCUT2D eigenvalue weighted by molar-refractivity contribution is -0.137. The number of rotatable bonds is 7. The number of alkyl halides is 3. The first-order valence-electron chi connectivity index (χ1n) is 4.39. The third-order valence-corrected chi connectivity index (χ3v) is 1.48. The maximum atomic E-state index is 11.6. The Morgan fingerprint density at radius 1 is 1.21 bits per heavy atom. The summed E-state index contributed by atoms with van der Waals surface area (Å²) >= 11 is 0. The van der Waals surface area contributed by atoms with Crippen molar-refractivity contribution in [2.24, 2.45) is 5.73 Å². The average molecular weight is 212 g/mol. The van der Waals surface area contributed by atoms with Gasteiger partial charge in [0, 0.05) is 26.1 Å². The second-order valence-corrected chi connectivity index (χ2v) is 2.96. The molecule has 0 aromatic rings. The van der Waals surface area contributed by atoms with Crippen LogP contribution < -0.4 is 5.73 Å². The summed E-state index contributed by atoms with van der Waals surface area (Å²) in [6, 6.07) is 0. The van der Waals surface area contributed by atoms with Crippen LogP contribution in [0.5, 0.6) is 0 Å². The topological polar surface area (TPSA) is 59.1 Å². The molecule has 0 saturated heterocycles. The summed E-state index contributed by atoms with van der Waals surface area (Å²) in [6.07, 6.45) is -3.90. The maximum Gasteiger partial charge on any atom is 0.389 e. The molecule has 0 unspecified atom stereocenters. The van der Waals surface area contributed by atoms with Crippen molar-refractivity contribution in [3.63, 3.8) is 0 Å². The summed E-state index contributed by atoms with van der Waals surface area (Å²) in [4.78, 5) is 0. The van der Waals surface area contributed by atoms with E-state index in [4.69, 9.17) is 15.9 Å². The molecule has 0 heterocycles. The van der Waals surface area contributed by atoms with Gasteiger partial charge in [0.25, 0.3) is 0 Å². The van der Waals surface area contributed by atoms with E-state index >= 15 is 0 Å². The molecule has 0 atom stereocenters. The van der Waals surface area contributed by atoms with Crippen molar-refractivity contribution in [1.29, 1.82) is 5.41 Å². The summed E-state index contributed by atoms with van der Waals surface area (Å²) in [6.45, 7) is 0.467. The Bertz CT molecular complexity index is 170. The second-order valence-electron chi connectivity index (χ2n) is 2.96. The van der Waals surface area contributed by atoms with E-state index < -0.39 is 12.6 Å². The third kappa shape index (κ3) is 11.2. The van der Waals surface area contributed by atoms with Gasteiger partial charge < -0.3 is 10.5 Å². The van der Waals surface area contributed by atoms with Gasteiger partial charge in [-0.15, -0.1) is 0 Å². The van der Waals surface area contributed by atoms with Gasteiger partial charge >= 0.3 is 6.18 Å². The predicted octanol–water partition coefficient (Wildman–Crippen LogP) is 2.06. The fraction of sp³-hybridized carbons (Fsp3) is 0.875. The van der Waals surface area contributed by atoms with Crippen LogP contribution in [0.4, 0.5) is 13.2 Å². The summed E-state index contributed by atoms with van der Waals surface area (Å²) < 4.78 is 39.8. The largest absolute Gasteiger partial charge is 0.389 e. The zero-order chi connectivity index (χ0) is 11.0. The van der Waals surface area contributed by atoms with Crippen LogP contribution in [0.25, 0.3) is 0 Å². The first-order valence-corrected chi connectivity index (χ1v) is 4.39. The maximum absolute atomic E-state index is 11.6. The van der Waals surface area contributed by atoms with Gasteiger partial charge in [-0.05, 0) is 12.8 Å². The van der Waals surface area contributed by atoms with Crippen molar-refractivity contribution in [2.75, 3.05) is 13.2 Å². The summed E-state index contributed by atoms with van der Waals surface area (Å²) in [5.74, 6) is 0.0730. The monoisotopic (exact) mass is 212 g/mol. The molecule has 14 heavy (non-hydrogen) atoms. The Balaban J connectivity index is 3.11. The van der Waals surface area contributed by atoms with Crippen LogP contribution in [-0.4, -0.2) is 25.2 Å². The first kappa shape index (κ1) is 13.2. The van der Waals surface area contributed by atoms with E-state index in [0.29, 0.717) is 19.4 Å². The van der Waals surface area contributed by atoms with Crippen molar-refractivity contribution < 1.29 is 17.9 Å². The lowest BCUT2D eigenvalue weighted by Crippen LogP contribution is -2.11. The molecular weight excluding hydrogens is 197 g/mol. The molecule has 0 aliphatic carbocycles. The number of ether oxygens (including phenoxy) is 1. The Labute approximate surface area is 80.9 Å². The normalized spacial score (nSPS) is 11.6. The number of hydrogen-bond acceptors (Lipinski definition) is 2. The highest BCUT2D eigenvalue weighted by molar-refractivity contribution is 5.76. The van der Waals surface area contributed by atoms with Crippen LogP contribution in [0.1, 0.15) is 25.7 Å². The molecule has 0 saturated carbocycles. The summed E-state index contributed by atoms with van der Waals surface area (Å²) in [7, 11) is 0. The summed E-state index contributed by atoms with van der Waals surface area (Å²) in [5, 5.41) is 6.87. The van der Waals surface area contributed by atoms with E-state index in [9.17, 15) is 13.2 Å². The highest BCUT2D eigenvalue weighted by Gasteiger charge is 2.25. The number of halogens is 3. The number of nitrogens with two attached hydrogens (primary N) is 1. The molecule has 0 aliphatic rings. The average Bonchev–Trinajstić information content (AvgIpc) is 2.00. The van der Waals surface area contributed by atoms with Gasteiger partial charge in [0.05, 0.1) is 5.84 Å². The number of amidine groups is 1. The Morgan fingerprint density at radius 2 is 1.79 bits per heavy atom. The first-order chi connectivity index (χ1) is 6.42. The summed E-state index contributed by atoms with van der Waals surface area (Å²) in [5.41, 5.74) is 5.07. The fourth-order valence-corrected chi connectivity index (χ4v) is 0.841. The molecule has 0 radical (unpaired) electrons. The molecule has 0 aromatic carbocycles. The van der Waals surface area contributed by atoms with Gasteiger partial charge in [-0.25, -0.2) is 0 Å². The van der Waals surface area contributed by atoms with Gasteiger partial charge in [0.2, 0.25) is 0 Å². The minimum Gasteiger partial charge on any atom is -0.388 e. The molecule has 0 rings (SSSR count). The van der Waals surface area contributed by atoms with E-state index in [0.717, 1.165) is 0 Å². The van der Waals surface area contributed by atoms with Crippen molar-refractivity contribution in [1.82, 2.24) is 0 Å².